The largest absolute Gasteiger partial charge is 0.328 e. The molecule has 0 aromatic heterocycles. The van der Waals surface area contributed by atoms with E-state index in [2.05, 4.69) is 21.2 Å². The van der Waals surface area contributed by atoms with Crippen LogP contribution in [0.3, 0.4) is 0 Å². The summed E-state index contributed by atoms with van der Waals surface area (Å²) in [4.78, 5) is 12.1. The number of halogens is 2. The third-order valence-corrected chi connectivity index (χ3v) is 4.22. The van der Waals surface area contributed by atoms with Gasteiger partial charge < -0.3 is 11.1 Å². The molecule has 3 nitrogen and oxygen atoms in total. The molecular formula is C13H16BrClN2O. The van der Waals surface area contributed by atoms with Crippen molar-refractivity contribution in [3.05, 3.63) is 27.7 Å². The van der Waals surface area contributed by atoms with Gasteiger partial charge in [-0.1, -0.05) is 11.6 Å². The van der Waals surface area contributed by atoms with E-state index < -0.39 is 0 Å². The van der Waals surface area contributed by atoms with E-state index >= 15 is 0 Å². The quantitative estimate of drug-likeness (QED) is 0.870. The van der Waals surface area contributed by atoms with E-state index in [1.54, 1.807) is 18.2 Å². The number of hydrogen-bond donors (Lipinski definition) is 2. The SMILES string of the molecule is NC1CCC(C(=O)Nc2ccc(Cl)cc2Br)CC1. The maximum Gasteiger partial charge on any atom is 0.227 e. The molecule has 1 aliphatic rings. The van der Waals surface area contributed by atoms with Crippen molar-refractivity contribution in [2.75, 3.05) is 5.32 Å². The molecule has 3 N–H and O–H groups in total. The van der Waals surface area contributed by atoms with Crippen LogP contribution in [0.5, 0.6) is 0 Å². The monoisotopic (exact) mass is 330 g/mol. The predicted octanol–water partition coefficient (Wildman–Crippen LogP) is 3.56. The van der Waals surface area contributed by atoms with Crippen molar-refractivity contribution < 1.29 is 4.79 Å². The van der Waals surface area contributed by atoms with Gasteiger partial charge >= 0.3 is 0 Å². The lowest BCUT2D eigenvalue weighted by Gasteiger charge is -2.25. The molecule has 18 heavy (non-hydrogen) atoms. The molecule has 0 bridgehead atoms. The summed E-state index contributed by atoms with van der Waals surface area (Å²) in [5, 5.41) is 3.58. The molecule has 1 amide bonds. The van der Waals surface area contributed by atoms with Crippen LogP contribution in [0.15, 0.2) is 22.7 Å². The average molecular weight is 332 g/mol. The molecule has 98 valence electrons. The Hall–Kier alpha value is -0.580. The van der Waals surface area contributed by atoms with Crippen LogP contribution < -0.4 is 11.1 Å². The lowest BCUT2D eigenvalue weighted by atomic mass is 9.86. The number of rotatable bonds is 2. The highest BCUT2D eigenvalue weighted by atomic mass is 79.9. The van der Waals surface area contributed by atoms with Gasteiger partial charge in [-0.15, -0.1) is 0 Å². The summed E-state index contributed by atoms with van der Waals surface area (Å²) in [5.74, 6) is 0.150. The summed E-state index contributed by atoms with van der Waals surface area (Å²) >= 11 is 9.25. The lowest BCUT2D eigenvalue weighted by molar-refractivity contribution is -0.120. The highest BCUT2D eigenvalue weighted by Crippen LogP contribution is 2.28. The first-order valence-electron chi connectivity index (χ1n) is 6.08. The minimum Gasteiger partial charge on any atom is -0.328 e. The molecule has 1 saturated carbocycles. The summed E-state index contributed by atoms with van der Waals surface area (Å²) in [7, 11) is 0. The Morgan fingerprint density at radius 1 is 1.33 bits per heavy atom. The molecule has 1 fully saturated rings. The van der Waals surface area contributed by atoms with E-state index in [0.29, 0.717) is 5.02 Å². The Morgan fingerprint density at radius 2 is 2.00 bits per heavy atom. The standard InChI is InChI=1S/C13H16BrClN2O/c14-11-7-9(15)3-6-12(11)17-13(18)8-1-4-10(16)5-2-8/h3,6-8,10H,1-2,4-5,16H2,(H,17,18). The van der Waals surface area contributed by atoms with Gasteiger partial charge in [0, 0.05) is 21.5 Å². The number of amides is 1. The van der Waals surface area contributed by atoms with E-state index in [4.69, 9.17) is 17.3 Å². The van der Waals surface area contributed by atoms with Crippen LogP contribution >= 0.6 is 27.5 Å². The fourth-order valence-corrected chi connectivity index (χ4v) is 2.99. The maximum absolute atomic E-state index is 12.1. The van der Waals surface area contributed by atoms with E-state index in [-0.39, 0.29) is 17.9 Å². The van der Waals surface area contributed by atoms with Crippen molar-refractivity contribution in [1.82, 2.24) is 0 Å². The topological polar surface area (TPSA) is 55.1 Å². The summed E-state index contributed by atoms with van der Waals surface area (Å²) in [6, 6.07) is 5.60. The van der Waals surface area contributed by atoms with Crippen molar-refractivity contribution in [1.29, 1.82) is 0 Å². The minimum atomic E-state index is 0.0740. The van der Waals surface area contributed by atoms with Crippen molar-refractivity contribution in [2.24, 2.45) is 11.7 Å². The van der Waals surface area contributed by atoms with Crippen LogP contribution in [-0.4, -0.2) is 11.9 Å². The van der Waals surface area contributed by atoms with Crippen LogP contribution in [-0.2, 0) is 4.79 Å². The van der Waals surface area contributed by atoms with Gasteiger partial charge in [0.1, 0.15) is 0 Å². The Bertz CT molecular complexity index is 445. The number of nitrogens with two attached hydrogens (primary N) is 1. The van der Waals surface area contributed by atoms with E-state index in [1.165, 1.54) is 0 Å². The van der Waals surface area contributed by atoms with Gasteiger partial charge in [-0.2, -0.15) is 0 Å². The van der Waals surface area contributed by atoms with Gasteiger partial charge in [-0.3, -0.25) is 4.79 Å². The summed E-state index contributed by atoms with van der Waals surface area (Å²) in [5.41, 5.74) is 6.60. The maximum atomic E-state index is 12.1. The van der Waals surface area contributed by atoms with Crippen LogP contribution in [0.2, 0.25) is 5.02 Å². The van der Waals surface area contributed by atoms with Gasteiger partial charge in [-0.25, -0.2) is 0 Å². The molecule has 0 heterocycles. The molecule has 1 aliphatic carbocycles. The molecule has 5 heteroatoms. The second-order valence-corrected chi connectivity index (χ2v) is 6.02. The first-order valence-corrected chi connectivity index (χ1v) is 7.25. The molecule has 1 aromatic carbocycles. The Kier molecular flexibility index (Phi) is 4.65. The highest BCUT2D eigenvalue weighted by Gasteiger charge is 2.24. The lowest BCUT2D eigenvalue weighted by Crippen LogP contribution is -2.32. The van der Waals surface area contributed by atoms with Gasteiger partial charge in [0.25, 0.3) is 0 Å². The number of anilines is 1. The number of benzene rings is 1. The third kappa shape index (κ3) is 3.46. The fraction of sp³-hybridized carbons (Fsp3) is 0.462. The molecule has 0 spiro atoms. The van der Waals surface area contributed by atoms with Crippen LogP contribution in [0, 0.1) is 5.92 Å². The van der Waals surface area contributed by atoms with E-state index in [1.807, 2.05) is 0 Å². The van der Waals surface area contributed by atoms with E-state index in [0.717, 1.165) is 35.8 Å². The Balaban J connectivity index is 1.98. The average Bonchev–Trinajstić information content (AvgIpc) is 2.33. The first-order chi connectivity index (χ1) is 8.56. The second-order valence-electron chi connectivity index (χ2n) is 4.73. The van der Waals surface area contributed by atoms with Gasteiger partial charge in [0.2, 0.25) is 5.91 Å². The second kappa shape index (κ2) is 6.04. The summed E-state index contributed by atoms with van der Waals surface area (Å²) in [6.07, 6.45) is 3.61. The molecular weight excluding hydrogens is 316 g/mol. The van der Waals surface area contributed by atoms with Gasteiger partial charge in [0.05, 0.1) is 5.69 Å². The van der Waals surface area contributed by atoms with Gasteiger partial charge in [0.15, 0.2) is 0 Å². The predicted molar refractivity (Wildman–Crippen MR) is 77.7 cm³/mol. The molecule has 0 unspecified atom stereocenters. The Labute approximate surface area is 120 Å². The normalized spacial score (nSPS) is 23.7. The molecule has 2 rings (SSSR count). The summed E-state index contributed by atoms with van der Waals surface area (Å²) in [6.45, 7) is 0. The molecule has 0 atom stereocenters. The molecule has 0 radical (unpaired) electrons. The third-order valence-electron chi connectivity index (χ3n) is 3.33. The fourth-order valence-electron chi connectivity index (χ4n) is 2.21. The zero-order valence-electron chi connectivity index (χ0n) is 9.96. The zero-order chi connectivity index (χ0) is 13.1. The number of carbonyl (C=O) groups is 1. The smallest absolute Gasteiger partial charge is 0.227 e. The van der Waals surface area contributed by atoms with Crippen LogP contribution in [0.25, 0.3) is 0 Å². The van der Waals surface area contributed by atoms with Gasteiger partial charge in [-0.05, 0) is 59.8 Å². The van der Waals surface area contributed by atoms with Crippen molar-refractivity contribution >= 4 is 39.1 Å². The van der Waals surface area contributed by atoms with Crippen molar-refractivity contribution in [3.8, 4) is 0 Å². The number of hydrogen-bond acceptors (Lipinski definition) is 2. The van der Waals surface area contributed by atoms with Crippen molar-refractivity contribution in [2.45, 2.75) is 31.7 Å². The molecule has 1 aromatic rings. The number of carbonyl (C=O) groups excluding carboxylic acids is 1. The molecule has 0 aliphatic heterocycles. The van der Waals surface area contributed by atoms with Crippen molar-refractivity contribution in [3.63, 3.8) is 0 Å². The minimum absolute atomic E-state index is 0.0740. The number of nitrogens with one attached hydrogen (secondary N) is 1. The highest BCUT2D eigenvalue weighted by molar-refractivity contribution is 9.10. The molecule has 0 saturated heterocycles. The van der Waals surface area contributed by atoms with E-state index in [9.17, 15) is 4.79 Å². The zero-order valence-corrected chi connectivity index (χ0v) is 12.3. The Morgan fingerprint density at radius 3 is 2.61 bits per heavy atom. The van der Waals surface area contributed by atoms with Crippen LogP contribution in [0.1, 0.15) is 25.7 Å². The summed E-state index contributed by atoms with van der Waals surface area (Å²) < 4.78 is 0.802. The first kappa shape index (κ1) is 13.8. The van der Waals surface area contributed by atoms with Crippen LogP contribution in [0.4, 0.5) is 5.69 Å².